The van der Waals surface area contributed by atoms with Gasteiger partial charge in [0.05, 0.1) is 41.5 Å². The average molecular weight is 644 g/mol. The van der Waals surface area contributed by atoms with Crippen LogP contribution in [0.5, 0.6) is 0 Å². The van der Waals surface area contributed by atoms with E-state index < -0.39 is 0 Å². The minimum Gasteiger partial charge on any atom is -0.456 e. The number of piperidine rings is 2. The number of nitrogens with two attached hydrogens (primary N) is 1. The second-order valence-electron chi connectivity index (χ2n) is 14.9. The molecule has 4 N–H and O–H groups in total. The number of rotatable bonds is 7. The van der Waals surface area contributed by atoms with E-state index >= 15 is 0 Å². The van der Waals surface area contributed by atoms with Gasteiger partial charge in [-0.05, 0) is 93.2 Å². The Balaban J connectivity index is 0.840. The number of aromatic amines is 2. The highest BCUT2D eigenvalue weighted by molar-refractivity contribution is 5.87. The van der Waals surface area contributed by atoms with Gasteiger partial charge in [-0.3, -0.25) is 9.69 Å². The van der Waals surface area contributed by atoms with Crippen LogP contribution in [0.15, 0.2) is 65.3 Å². The van der Waals surface area contributed by atoms with Gasteiger partial charge in [0.2, 0.25) is 5.91 Å². The Morgan fingerprint density at radius 3 is 2.38 bits per heavy atom. The first-order chi connectivity index (χ1) is 23.4. The third-order valence-electron chi connectivity index (χ3n) is 12.1. The molecule has 5 fully saturated rings. The number of hydrogen-bond acceptors (Lipinski definition) is 7. The van der Waals surface area contributed by atoms with Gasteiger partial charge in [-0.15, -0.1) is 0 Å². The van der Waals surface area contributed by atoms with Crippen molar-refractivity contribution in [2.24, 2.45) is 23.5 Å². The molecular weight excluding hydrogens is 602 g/mol. The molecule has 2 saturated carbocycles. The molecule has 2 aliphatic carbocycles. The Hall–Kier alpha value is -4.25. The van der Waals surface area contributed by atoms with Crippen molar-refractivity contribution in [3.05, 3.63) is 72.6 Å². The number of hydrogen-bond donors (Lipinski definition) is 3. The van der Waals surface area contributed by atoms with Crippen molar-refractivity contribution in [1.82, 2.24) is 29.7 Å². The van der Waals surface area contributed by atoms with Gasteiger partial charge in [0.15, 0.2) is 0 Å². The van der Waals surface area contributed by atoms with Crippen molar-refractivity contribution in [3.63, 3.8) is 0 Å². The minimum absolute atomic E-state index is 0.0375. The minimum atomic E-state index is -0.146. The van der Waals surface area contributed by atoms with Gasteiger partial charge >= 0.3 is 0 Å². The molecule has 48 heavy (non-hydrogen) atoms. The number of nitrogens with zero attached hydrogens (tertiary/aromatic N) is 4. The molecule has 1 amide bonds. The number of carbonyl (C=O) groups excluding carboxylic acids is 1. The van der Waals surface area contributed by atoms with Crippen LogP contribution in [0.4, 0.5) is 0 Å². The quantitative estimate of drug-likeness (QED) is 0.187. The fraction of sp³-hybridized carbons (Fsp3) is 0.447. The molecule has 5 aliphatic rings. The van der Waals surface area contributed by atoms with Crippen LogP contribution in [0.2, 0.25) is 0 Å². The lowest BCUT2D eigenvalue weighted by atomic mass is 9.95. The van der Waals surface area contributed by atoms with E-state index in [4.69, 9.17) is 24.9 Å². The number of ether oxygens (including phenoxy) is 1. The van der Waals surface area contributed by atoms with Gasteiger partial charge in [-0.25, -0.2) is 9.97 Å². The number of amides is 1. The van der Waals surface area contributed by atoms with Crippen LogP contribution < -0.4 is 5.73 Å². The van der Waals surface area contributed by atoms with Crippen molar-refractivity contribution in [1.29, 1.82) is 0 Å². The molecule has 3 aliphatic heterocycles. The fourth-order valence-corrected chi connectivity index (χ4v) is 8.90. The summed E-state index contributed by atoms with van der Waals surface area (Å²) < 4.78 is 11.8. The van der Waals surface area contributed by atoms with Gasteiger partial charge in [-0.2, -0.15) is 0 Å². The molecule has 5 aromatic rings. The van der Waals surface area contributed by atoms with Crippen molar-refractivity contribution in [2.45, 2.75) is 68.7 Å². The third kappa shape index (κ3) is 4.68. The highest BCUT2D eigenvalue weighted by Gasteiger charge is 2.62. The summed E-state index contributed by atoms with van der Waals surface area (Å²) in [6.45, 7) is 1.54. The zero-order chi connectivity index (χ0) is 32.1. The molecule has 6 heterocycles. The standard InChI is InChI=1S/C38H41N7O3/c1-44-31(17-27-18-38(27,44)39)36-40-20-29(43-36)24-6-7-33-26(13-24)16-34(48-33)23-4-2-22(3-5-23)28-19-41-37(42-28)32-15-25-14-30(25)45(32)35(46)12-21-8-10-47-11-9-21/h2-7,13,16,19-21,25,27,30-32H,8-12,14-15,17-18,39H2,1H3,(H,40,43)(H,41,42)/t25-,27+,30-,31+,32+,38-/m1/s1. The summed E-state index contributed by atoms with van der Waals surface area (Å²) in [6, 6.07) is 17.4. The number of furan rings is 1. The van der Waals surface area contributed by atoms with E-state index in [1.807, 2.05) is 18.5 Å². The molecule has 0 radical (unpaired) electrons. The number of nitrogens with one attached hydrogen (secondary N) is 2. The molecule has 3 saturated heterocycles. The first-order valence-electron chi connectivity index (χ1n) is 17.6. The number of H-pyrrole nitrogens is 2. The number of likely N-dealkylation sites (tertiary alicyclic amines) is 2. The van der Waals surface area contributed by atoms with Crippen LogP contribution in [0.25, 0.3) is 44.8 Å². The number of aromatic nitrogens is 4. The summed E-state index contributed by atoms with van der Waals surface area (Å²) in [7, 11) is 2.11. The molecule has 0 unspecified atom stereocenters. The summed E-state index contributed by atoms with van der Waals surface area (Å²) in [5.74, 6) is 4.61. The van der Waals surface area contributed by atoms with Crippen LogP contribution in [-0.4, -0.2) is 67.6 Å². The molecule has 246 valence electrons. The first kappa shape index (κ1) is 28.7. The Morgan fingerprint density at radius 1 is 0.917 bits per heavy atom. The van der Waals surface area contributed by atoms with E-state index in [-0.39, 0.29) is 23.7 Å². The first-order valence-corrected chi connectivity index (χ1v) is 17.6. The second-order valence-corrected chi connectivity index (χ2v) is 14.9. The van der Waals surface area contributed by atoms with Crippen LogP contribution in [0, 0.1) is 17.8 Å². The van der Waals surface area contributed by atoms with Gasteiger partial charge < -0.3 is 29.8 Å². The smallest absolute Gasteiger partial charge is 0.223 e. The molecule has 6 atom stereocenters. The summed E-state index contributed by atoms with van der Waals surface area (Å²) >= 11 is 0. The number of imidazole rings is 2. The molecule has 2 aromatic carbocycles. The monoisotopic (exact) mass is 643 g/mol. The lowest BCUT2D eigenvalue weighted by molar-refractivity contribution is -0.135. The molecule has 0 bridgehead atoms. The molecule has 10 heteroatoms. The van der Waals surface area contributed by atoms with Crippen molar-refractivity contribution >= 4 is 16.9 Å². The van der Waals surface area contributed by atoms with E-state index in [0.717, 1.165) is 108 Å². The van der Waals surface area contributed by atoms with Gasteiger partial charge in [0.25, 0.3) is 0 Å². The van der Waals surface area contributed by atoms with Crippen molar-refractivity contribution < 1.29 is 13.9 Å². The molecule has 10 rings (SSSR count). The SMILES string of the molecule is CN1[C@H](c2ncc(-c3ccc4oc(-c5ccc(-c6cnc([C@@H]7C[C@H]8C[C@H]8N7C(=O)CC7CCOCC7)[nH]6)cc5)cc4c3)[nH]2)C[C@H]2C[C@]21N. The topological polar surface area (TPSA) is 129 Å². The number of carbonyl (C=O) groups is 1. The Labute approximate surface area is 279 Å². The number of fused-ring (bicyclic) bond motifs is 3. The van der Waals surface area contributed by atoms with Crippen LogP contribution >= 0.6 is 0 Å². The van der Waals surface area contributed by atoms with Crippen LogP contribution in [0.3, 0.4) is 0 Å². The van der Waals surface area contributed by atoms with Crippen molar-refractivity contribution in [2.75, 3.05) is 20.3 Å². The zero-order valence-electron chi connectivity index (χ0n) is 27.2. The Kier molecular flexibility index (Phi) is 6.36. The Bertz CT molecular complexity index is 2020. The van der Waals surface area contributed by atoms with Gasteiger partial charge in [0, 0.05) is 42.2 Å². The molecular formula is C38H41N7O3. The lowest BCUT2D eigenvalue weighted by Crippen LogP contribution is -2.40. The maximum atomic E-state index is 13.4. The number of benzene rings is 2. The van der Waals surface area contributed by atoms with Crippen LogP contribution in [-0.2, 0) is 9.53 Å². The molecule has 0 spiro atoms. The van der Waals surface area contributed by atoms with Gasteiger partial charge in [0.1, 0.15) is 23.0 Å². The van der Waals surface area contributed by atoms with E-state index in [0.29, 0.717) is 30.2 Å². The van der Waals surface area contributed by atoms with E-state index in [2.05, 4.69) is 69.3 Å². The maximum absolute atomic E-state index is 13.4. The Morgan fingerprint density at radius 2 is 1.62 bits per heavy atom. The fourth-order valence-electron chi connectivity index (χ4n) is 8.90. The summed E-state index contributed by atoms with van der Waals surface area (Å²) in [6.07, 6.45) is 10.7. The summed E-state index contributed by atoms with van der Waals surface area (Å²) in [5, 5.41) is 1.05. The maximum Gasteiger partial charge on any atom is 0.223 e. The highest BCUT2D eigenvalue weighted by atomic mass is 16.5. The molecule has 10 nitrogen and oxygen atoms in total. The predicted octanol–water partition coefficient (Wildman–Crippen LogP) is 6.41. The summed E-state index contributed by atoms with van der Waals surface area (Å²) in [5.41, 5.74) is 12.3. The summed E-state index contributed by atoms with van der Waals surface area (Å²) in [4.78, 5) is 34.5. The normalized spacial score (nSPS) is 29.8. The molecule has 3 aromatic heterocycles. The zero-order valence-corrected chi connectivity index (χ0v) is 27.2. The van der Waals surface area contributed by atoms with Crippen molar-refractivity contribution in [3.8, 4) is 33.8 Å². The average Bonchev–Trinajstić information content (AvgIpc) is 3.58. The third-order valence-corrected chi connectivity index (χ3v) is 12.1. The van der Waals surface area contributed by atoms with Crippen LogP contribution in [0.1, 0.15) is 68.7 Å². The lowest BCUT2D eigenvalue weighted by Gasteiger charge is -2.29. The van der Waals surface area contributed by atoms with E-state index in [9.17, 15) is 4.79 Å². The second kappa shape index (κ2) is 10.6. The predicted molar refractivity (Wildman–Crippen MR) is 181 cm³/mol. The van der Waals surface area contributed by atoms with E-state index in [1.54, 1.807) is 0 Å². The van der Waals surface area contributed by atoms with E-state index in [1.165, 1.54) is 0 Å². The largest absolute Gasteiger partial charge is 0.456 e. The van der Waals surface area contributed by atoms with Gasteiger partial charge in [-0.1, -0.05) is 24.3 Å². The highest BCUT2D eigenvalue weighted by Crippen LogP contribution is 2.58.